The number of nitrogens with one attached hydrogen (secondary N) is 1. The summed E-state index contributed by atoms with van der Waals surface area (Å²) in [7, 11) is 0. The molecule has 1 unspecified atom stereocenters. The molecular formula is C21H20F5N5O3. The Kier molecular flexibility index (Phi) is 5.70. The highest BCUT2D eigenvalue weighted by atomic mass is 19.4. The fraction of sp³-hybridized carbons (Fsp3) is 0.429. The Hall–Kier alpha value is -3.35. The zero-order chi connectivity index (χ0) is 24.9. The van der Waals surface area contributed by atoms with Gasteiger partial charge in [-0.3, -0.25) is 9.78 Å². The number of halogens is 5. The van der Waals surface area contributed by atoms with Crippen molar-refractivity contribution in [2.24, 2.45) is 16.6 Å². The molecule has 1 saturated heterocycles. The van der Waals surface area contributed by atoms with Crippen LogP contribution in [0.25, 0.3) is 0 Å². The van der Waals surface area contributed by atoms with Gasteiger partial charge in [-0.15, -0.1) is 0 Å². The van der Waals surface area contributed by atoms with E-state index in [1.54, 1.807) is 0 Å². The Morgan fingerprint density at radius 2 is 1.94 bits per heavy atom. The number of alkyl halides is 4. The molecule has 0 radical (unpaired) electrons. The number of benzene rings is 1. The number of hydrogen-bond donors (Lipinski definition) is 2. The van der Waals surface area contributed by atoms with Gasteiger partial charge in [-0.25, -0.2) is 18.8 Å². The standard InChI is InChI=1S/C21H20F5N5O3/c1-19(2,23)15-7-28-14(6-29-15)17(32)30-10-3-4-13(22)11(5-10)20-9-34-16(21(24,25)26)12(20)8-33-18(27)31-20/h3-7,12,16H,8-9H2,1-2H3,(H2,27,31)(H,30,32)/t12-,16+,20?/m1/s1. The molecule has 182 valence electrons. The van der Waals surface area contributed by atoms with Crippen LogP contribution in [0, 0.1) is 11.7 Å². The number of aromatic nitrogens is 2. The average molecular weight is 485 g/mol. The van der Waals surface area contributed by atoms with Crippen molar-refractivity contribution >= 4 is 17.6 Å². The van der Waals surface area contributed by atoms with E-state index in [2.05, 4.69) is 20.3 Å². The van der Waals surface area contributed by atoms with Crippen molar-refractivity contribution in [3.8, 4) is 0 Å². The van der Waals surface area contributed by atoms with Gasteiger partial charge in [-0.2, -0.15) is 13.2 Å². The summed E-state index contributed by atoms with van der Waals surface area (Å²) in [6.07, 6.45) is -4.79. The van der Waals surface area contributed by atoms with Crippen molar-refractivity contribution in [1.29, 1.82) is 0 Å². The third-order valence-electron chi connectivity index (χ3n) is 5.69. The van der Waals surface area contributed by atoms with Gasteiger partial charge in [0, 0.05) is 11.3 Å². The van der Waals surface area contributed by atoms with Crippen LogP contribution < -0.4 is 11.1 Å². The van der Waals surface area contributed by atoms with E-state index >= 15 is 0 Å². The molecule has 3 N–H and O–H groups in total. The lowest BCUT2D eigenvalue weighted by molar-refractivity contribution is -0.219. The van der Waals surface area contributed by atoms with Gasteiger partial charge in [0.1, 0.15) is 22.7 Å². The Morgan fingerprint density at radius 1 is 1.21 bits per heavy atom. The SMILES string of the molecule is CC(C)(F)c1cnc(C(=O)Nc2ccc(F)c(C34CO[C@H](C(F)(F)F)[C@H]3COC(N)=N4)c2)cn1. The van der Waals surface area contributed by atoms with Gasteiger partial charge in [-0.05, 0) is 32.0 Å². The van der Waals surface area contributed by atoms with E-state index in [4.69, 9.17) is 15.2 Å². The van der Waals surface area contributed by atoms with Crippen LogP contribution in [0.4, 0.5) is 27.6 Å². The van der Waals surface area contributed by atoms with Gasteiger partial charge in [0.25, 0.3) is 11.9 Å². The quantitative estimate of drug-likeness (QED) is 0.644. The largest absolute Gasteiger partial charge is 0.465 e. The highest BCUT2D eigenvalue weighted by Crippen LogP contribution is 2.50. The summed E-state index contributed by atoms with van der Waals surface area (Å²) in [5.41, 5.74) is 1.74. The molecule has 3 heterocycles. The van der Waals surface area contributed by atoms with Crippen molar-refractivity contribution in [3.05, 3.63) is 53.4 Å². The number of amides is 1. The van der Waals surface area contributed by atoms with Crippen LogP contribution in [0.2, 0.25) is 0 Å². The smallest absolute Gasteiger partial charge is 0.415 e. The average Bonchev–Trinajstić information content (AvgIpc) is 3.14. The third-order valence-corrected chi connectivity index (χ3v) is 5.69. The Labute approximate surface area is 190 Å². The van der Waals surface area contributed by atoms with E-state index in [-0.39, 0.29) is 22.6 Å². The number of ether oxygens (including phenoxy) is 2. The topological polar surface area (TPSA) is 112 Å². The molecule has 2 aromatic rings. The molecule has 0 aliphatic carbocycles. The second-order valence-corrected chi connectivity index (χ2v) is 8.47. The van der Waals surface area contributed by atoms with Gasteiger partial charge in [0.15, 0.2) is 6.10 Å². The zero-order valence-corrected chi connectivity index (χ0v) is 18.0. The first-order chi connectivity index (χ1) is 15.8. The van der Waals surface area contributed by atoms with Crippen LogP contribution in [0.3, 0.4) is 0 Å². The minimum atomic E-state index is -4.74. The Balaban J connectivity index is 1.66. The van der Waals surface area contributed by atoms with Gasteiger partial charge < -0.3 is 20.5 Å². The van der Waals surface area contributed by atoms with E-state index in [1.165, 1.54) is 19.9 Å². The van der Waals surface area contributed by atoms with Crippen molar-refractivity contribution < 1.29 is 36.2 Å². The van der Waals surface area contributed by atoms with Crippen LogP contribution in [0.1, 0.15) is 35.6 Å². The molecule has 0 spiro atoms. The predicted molar refractivity (Wildman–Crippen MR) is 109 cm³/mol. The highest BCUT2D eigenvalue weighted by Gasteiger charge is 2.62. The van der Waals surface area contributed by atoms with Crippen LogP contribution in [-0.2, 0) is 20.7 Å². The lowest BCUT2D eigenvalue weighted by Crippen LogP contribution is -2.48. The van der Waals surface area contributed by atoms with Crippen LogP contribution in [0.5, 0.6) is 0 Å². The maximum absolute atomic E-state index is 14.9. The summed E-state index contributed by atoms with van der Waals surface area (Å²) in [5.74, 6) is -3.00. The Bertz CT molecular complexity index is 1130. The number of carbonyl (C=O) groups excluding carboxylic acids is 1. The highest BCUT2D eigenvalue weighted by molar-refractivity contribution is 6.02. The van der Waals surface area contributed by atoms with E-state index < -0.39 is 60.4 Å². The molecule has 13 heteroatoms. The van der Waals surface area contributed by atoms with Crippen molar-refractivity contribution in [1.82, 2.24) is 9.97 Å². The zero-order valence-electron chi connectivity index (χ0n) is 18.0. The molecule has 1 aromatic carbocycles. The fourth-order valence-electron chi connectivity index (χ4n) is 3.98. The lowest BCUT2D eigenvalue weighted by Gasteiger charge is -2.36. The van der Waals surface area contributed by atoms with Crippen LogP contribution in [0.15, 0.2) is 35.6 Å². The minimum absolute atomic E-state index is 0.0219. The molecule has 2 aliphatic heterocycles. The molecule has 8 nitrogen and oxygen atoms in total. The van der Waals surface area contributed by atoms with E-state index in [1.807, 2.05) is 0 Å². The molecule has 1 aromatic heterocycles. The van der Waals surface area contributed by atoms with Gasteiger partial charge >= 0.3 is 6.18 Å². The summed E-state index contributed by atoms with van der Waals surface area (Å²) >= 11 is 0. The maximum atomic E-state index is 14.9. The number of carbonyl (C=O) groups is 1. The summed E-state index contributed by atoms with van der Waals surface area (Å²) in [5, 5.41) is 2.48. The molecule has 0 bridgehead atoms. The van der Waals surface area contributed by atoms with E-state index in [9.17, 15) is 26.7 Å². The predicted octanol–water partition coefficient (Wildman–Crippen LogP) is 3.19. The molecule has 0 saturated carbocycles. The first-order valence-electron chi connectivity index (χ1n) is 10.1. The fourth-order valence-corrected chi connectivity index (χ4v) is 3.98. The van der Waals surface area contributed by atoms with Gasteiger partial charge in [-0.1, -0.05) is 0 Å². The van der Waals surface area contributed by atoms with Crippen molar-refractivity contribution in [2.45, 2.75) is 37.3 Å². The molecule has 34 heavy (non-hydrogen) atoms. The number of anilines is 1. The Morgan fingerprint density at radius 3 is 2.56 bits per heavy atom. The molecule has 1 amide bonds. The van der Waals surface area contributed by atoms with Crippen molar-refractivity contribution in [3.63, 3.8) is 0 Å². The normalized spacial score (nSPS) is 24.7. The first-order valence-corrected chi connectivity index (χ1v) is 10.1. The second-order valence-electron chi connectivity index (χ2n) is 8.47. The minimum Gasteiger partial charge on any atom is -0.465 e. The summed E-state index contributed by atoms with van der Waals surface area (Å²) in [6.45, 7) is 1.49. The van der Waals surface area contributed by atoms with Crippen LogP contribution >= 0.6 is 0 Å². The molecular weight excluding hydrogens is 465 g/mol. The number of nitrogens with zero attached hydrogens (tertiary/aromatic N) is 3. The molecule has 2 aliphatic rings. The summed E-state index contributed by atoms with van der Waals surface area (Å²) < 4.78 is 79.4. The number of fused-ring (bicyclic) bond motifs is 1. The number of aliphatic imine (C=N–C) groups is 1. The lowest BCUT2D eigenvalue weighted by atomic mass is 9.77. The van der Waals surface area contributed by atoms with Gasteiger partial charge in [0.05, 0.1) is 37.2 Å². The molecule has 3 atom stereocenters. The molecule has 4 rings (SSSR count). The first kappa shape index (κ1) is 23.8. The second kappa shape index (κ2) is 8.15. The number of rotatable bonds is 4. The van der Waals surface area contributed by atoms with Gasteiger partial charge in [0.2, 0.25) is 0 Å². The van der Waals surface area contributed by atoms with Crippen LogP contribution in [-0.4, -0.2) is 47.4 Å². The summed E-state index contributed by atoms with van der Waals surface area (Å²) in [4.78, 5) is 24.3. The van der Waals surface area contributed by atoms with E-state index in [0.29, 0.717) is 0 Å². The number of nitrogens with two attached hydrogens (primary N) is 1. The monoisotopic (exact) mass is 485 g/mol. The number of amidine groups is 1. The third kappa shape index (κ3) is 4.27. The summed E-state index contributed by atoms with van der Waals surface area (Å²) in [6, 6.07) is 2.97. The van der Waals surface area contributed by atoms with Crippen molar-refractivity contribution in [2.75, 3.05) is 18.5 Å². The number of hydrogen-bond acceptors (Lipinski definition) is 7. The molecule has 1 fully saturated rings. The van der Waals surface area contributed by atoms with E-state index in [0.717, 1.165) is 24.5 Å². The maximum Gasteiger partial charge on any atom is 0.415 e.